The van der Waals surface area contributed by atoms with E-state index in [1.54, 1.807) is 6.07 Å². The number of aliphatic hydroxyl groups excluding tert-OH is 1. The molecule has 2 rings (SSSR count). The number of anilines is 1. The summed E-state index contributed by atoms with van der Waals surface area (Å²) in [4.78, 5) is 11.8. The van der Waals surface area contributed by atoms with E-state index in [1.807, 2.05) is 31.2 Å². The topological polar surface area (TPSA) is 85.2 Å². The molecule has 0 bridgehead atoms. The van der Waals surface area contributed by atoms with Gasteiger partial charge in [-0.05, 0) is 36.2 Å². The van der Waals surface area contributed by atoms with Crippen molar-refractivity contribution in [1.82, 2.24) is 5.32 Å². The number of hydrogen-bond donors (Lipinski definition) is 3. The molecule has 0 aliphatic carbocycles. The van der Waals surface area contributed by atoms with Crippen molar-refractivity contribution >= 4 is 11.7 Å². The van der Waals surface area contributed by atoms with Crippen LogP contribution < -0.4 is 10.6 Å². The molecule has 2 aromatic rings. The molecule has 1 atom stereocenters. The Kier molecular flexibility index (Phi) is 5.28. The number of amides is 2. The summed E-state index contributed by atoms with van der Waals surface area (Å²) in [5, 5.41) is 24.0. The number of benzene rings is 2. The smallest absolute Gasteiger partial charge is 0.319 e. The van der Waals surface area contributed by atoms with Crippen LogP contribution in [0.15, 0.2) is 42.5 Å². The van der Waals surface area contributed by atoms with Crippen LogP contribution in [-0.4, -0.2) is 17.7 Å². The standard InChI is InChI=1S/C17H16FN3O2/c1-11-4-2-3-5-14(11)16(22)10-20-17(23)21-15-7-6-13(18)8-12(15)9-19/h2-8,16,22H,10H2,1H3,(H2,20,21,23). The van der Waals surface area contributed by atoms with E-state index in [-0.39, 0.29) is 17.8 Å². The number of halogens is 1. The van der Waals surface area contributed by atoms with Crippen LogP contribution in [0.25, 0.3) is 0 Å². The van der Waals surface area contributed by atoms with Crippen molar-refractivity contribution in [1.29, 1.82) is 5.26 Å². The second-order valence-corrected chi connectivity index (χ2v) is 5.01. The monoisotopic (exact) mass is 313 g/mol. The van der Waals surface area contributed by atoms with Crippen LogP contribution in [0.5, 0.6) is 0 Å². The van der Waals surface area contributed by atoms with Gasteiger partial charge in [0.05, 0.1) is 17.4 Å². The molecule has 3 N–H and O–H groups in total. The second kappa shape index (κ2) is 7.38. The van der Waals surface area contributed by atoms with Crippen LogP contribution in [-0.2, 0) is 0 Å². The van der Waals surface area contributed by atoms with Gasteiger partial charge in [-0.15, -0.1) is 0 Å². The maximum Gasteiger partial charge on any atom is 0.319 e. The van der Waals surface area contributed by atoms with Crippen molar-refractivity contribution in [2.24, 2.45) is 0 Å². The molecule has 0 aromatic heterocycles. The number of nitrogens with one attached hydrogen (secondary N) is 2. The number of urea groups is 1. The first-order valence-electron chi connectivity index (χ1n) is 6.99. The zero-order valence-electron chi connectivity index (χ0n) is 12.5. The molecule has 0 spiro atoms. The number of nitrogens with zero attached hydrogens (tertiary/aromatic N) is 1. The first kappa shape index (κ1) is 16.5. The molecule has 0 saturated heterocycles. The predicted molar refractivity (Wildman–Crippen MR) is 84.3 cm³/mol. The number of nitriles is 1. The average Bonchev–Trinajstić information content (AvgIpc) is 2.54. The number of carbonyl (C=O) groups excluding carboxylic acids is 1. The molecule has 0 aliphatic heterocycles. The van der Waals surface area contributed by atoms with Gasteiger partial charge >= 0.3 is 6.03 Å². The predicted octanol–water partition coefficient (Wildman–Crippen LogP) is 2.86. The van der Waals surface area contributed by atoms with E-state index < -0.39 is 18.0 Å². The Morgan fingerprint density at radius 2 is 2.09 bits per heavy atom. The highest BCUT2D eigenvalue weighted by Crippen LogP contribution is 2.17. The fourth-order valence-corrected chi connectivity index (χ4v) is 2.14. The lowest BCUT2D eigenvalue weighted by Gasteiger charge is -2.15. The van der Waals surface area contributed by atoms with E-state index in [9.17, 15) is 14.3 Å². The third kappa shape index (κ3) is 4.28. The van der Waals surface area contributed by atoms with Crippen LogP contribution in [0, 0.1) is 24.1 Å². The molecule has 0 saturated carbocycles. The maximum absolute atomic E-state index is 13.0. The van der Waals surface area contributed by atoms with Crippen molar-refractivity contribution in [3.63, 3.8) is 0 Å². The molecule has 2 aromatic carbocycles. The quantitative estimate of drug-likeness (QED) is 0.811. The number of aliphatic hydroxyl groups is 1. The van der Waals surface area contributed by atoms with Gasteiger partial charge in [0.15, 0.2) is 0 Å². The van der Waals surface area contributed by atoms with Crippen LogP contribution >= 0.6 is 0 Å². The Labute approximate surface area is 133 Å². The maximum atomic E-state index is 13.0. The van der Waals surface area contributed by atoms with Gasteiger partial charge in [0, 0.05) is 6.54 Å². The number of rotatable bonds is 4. The van der Waals surface area contributed by atoms with Crippen molar-refractivity contribution in [3.8, 4) is 6.07 Å². The molecule has 0 fully saturated rings. The minimum atomic E-state index is -0.842. The van der Waals surface area contributed by atoms with Gasteiger partial charge in [0.2, 0.25) is 0 Å². The zero-order valence-corrected chi connectivity index (χ0v) is 12.5. The molecule has 118 valence electrons. The Bertz CT molecular complexity index is 756. The van der Waals surface area contributed by atoms with Crippen molar-refractivity contribution in [2.75, 3.05) is 11.9 Å². The van der Waals surface area contributed by atoms with Crippen molar-refractivity contribution in [2.45, 2.75) is 13.0 Å². The van der Waals surface area contributed by atoms with Gasteiger partial charge in [-0.3, -0.25) is 0 Å². The van der Waals surface area contributed by atoms with Crippen LogP contribution in [0.2, 0.25) is 0 Å². The van der Waals surface area contributed by atoms with Crippen LogP contribution in [0.1, 0.15) is 22.8 Å². The molecule has 0 heterocycles. The molecule has 23 heavy (non-hydrogen) atoms. The molecule has 2 amide bonds. The summed E-state index contributed by atoms with van der Waals surface area (Å²) in [5.74, 6) is -0.553. The molecular weight excluding hydrogens is 297 g/mol. The Morgan fingerprint density at radius 3 is 2.78 bits per heavy atom. The third-order valence-electron chi connectivity index (χ3n) is 3.35. The van der Waals surface area contributed by atoms with Gasteiger partial charge in [-0.1, -0.05) is 24.3 Å². The van der Waals surface area contributed by atoms with Crippen LogP contribution in [0.4, 0.5) is 14.9 Å². The Hall–Kier alpha value is -2.91. The van der Waals surface area contributed by atoms with E-state index in [4.69, 9.17) is 5.26 Å². The zero-order chi connectivity index (χ0) is 16.8. The normalized spacial score (nSPS) is 11.4. The van der Waals surface area contributed by atoms with E-state index >= 15 is 0 Å². The van der Waals surface area contributed by atoms with E-state index in [0.717, 1.165) is 23.3 Å². The second-order valence-electron chi connectivity index (χ2n) is 5.01. The summed E-state index contributed by atoms with van der Waals surface area (Å²) >= 11 is 0. The Balaban J connectivity index is 1.96. The molecule has 0 aliphatic rings. The number of aryl methyl sites for hydroxylation is 1. The minimum Gasteiger partial charge on any atom is -0.387 e. The van der Waals surface area contributed by atoms with E-state index in [0.29, 0.717) is 0 Å². The third-order valence-corrected chi connectivity index (χ3v) is 3.35. The van der Waals surface area contributed by atoms with Crippen molar-refractivity contribution < 1.29 is 14.3 Å². The van der Waals surface area contributed by atoms with Gasteiger partial charge in [0.25, 0.3) is 0 Å². The number of carbonyl (C=O) groups is 1. The molecule has 5 nitrogen and oxygen atoms in total. The molecular formula is C17H16FN3O2. The lowest BCUT2D eigenvalue weighted by molar-refractivity contribution is 0.174. The summed E-state index contributed by atoms with van der Waals surface area (Å²) in [5.41, 5.74) is 1.89. The molecule has 0 radical (unpaired) electrons. The fourth-order valence-electron chi connectivity index (χ4n) is 2.14. The minimum absolute atomic E-state index is 0.0137. The van der Waals surface area contributed by atoms with Gasteiger partial charge in [0.1, 0.15) is 11.9 Å². The summed E-state index contributed by atoms with van der Waals surface area (Å²) in [6, 6.07) is 12.1. The lowest BCUT2D eigenvalue weighted by atomic mass is 10.0. The average molecular weight is 313 g/mol. The van der Waals surface area contributed by atoms with E-state index in [1.165, 1.54) is 6.07 Å². The van der Waals surface area contributed by atoms with Gasteiger partial charge < -0.3 is 15.7 Å². The first-order chi connectivity index (χ1) is 11.0. The SMILES string of the molecule is Cc1ccccc1C(O)CNC(=O)Nc1ccc(F)cc1C#N. The Morgan fingerprint density at radius 1 is 1.35 bits per heavy atom. The van der Waals surface area contributed by atoms with Gasteiger partial charge in [-0.2, -0.15) is 5.26 Å². The van der Waals surface area contributed by atoms with Crippen molar-refractivity contribution in [3.05, 3.63) is 65.0 Å². The highest BCUT2D eigenvalue weighted by Gasteiger charge is 2.12. The first-order valence-corrected chi connectivity index (χ1v) is 6.99. The summed E-state index contributed by atoms with van der Waals surface area (Å²) in [6.45, 7) is 1.89. The van der Waals surface area contributed by atoms with E-state index in [2.05, 4.69) is 10.6 Å². The molecule has 6 heteroatoms. The summed E-state index contributed by atoms with van der Waals surface area (Å²) in [7, 11) is 0. The highest BCUT2D eigenvalue weighted by molar-refractivity contribution is 5.90. The number of hydrogen-bond acceptors (Lipinski definition) is 3. The fraction of sp³-hybridized carbons (Fsp3) is 0.176. The lowest BCUT2D eigenvalue weighted by Crippen LogP contribution is -2.32. The molecule has 1 unspecified atom stereocenters. The highest BCUT2D eigenvalue weighted by atomic mass is 19.1. The van der Waals surface area contributed by atoms with Gasteiger partial charge in [-0.25, -0.2) is 9.18 Å². The summed E-state index contributed by atoms with van der Waals surface area (Å²) in [6.07, 6.45) is -0.842. The largest absolute Gasteiger partial charge is 0.387 e. The van der Waals surface area contributed by atoms with Crippen LogP contribution in [0.3, 0.4) is 0 Å². The summed E-state index contributed by atoms with van der Waals surface area (Å²) < 4.78 is 13.0.